The molecule has 0 saturated heterocycles. The van der Waals surface area contributed by atoms with Crippen LogP contribution in [0.15, 0.2) is 66.2 Å². The molecule has 0 aliphatic heterocycles. The molecule has 0 saturated carbocycles. The van der Waals surface area contributed by atoms with Crippen molar-refractivity contribution in [2.75, 3.05) is 18.5 Å². The fourth-order valence-corrected chi connectivity index (χ4v) is 3.43. The summed E-state index contributed by atoms with van der Waals surface area (Å²) in [5.41, 5.74) is 1.98. The zero-order valence-corrected chi connectivity index (χ0v) is 20.8. The van der Waals surface area contributed by atoms with Gasteiger partial charge in [0.1, 0.15) is 24.0 Å². The van der Waals surface area contributed by atoms with Crippen LogP contribution in [0.4, 0.5) is 5.69 Å². The summed E-state index contributed by atoms with van der Waals surface area (Å²) in [6.45, 7) is 4.98. The van der Waals surface area contributed by atoms with Gasteiger partial charge in [-0.05, 0) is 79.6 Å². The van der Waals surface area contributed by atoms with Crippen molar-refractivity contribution in [3.63, 3.8) is 0 Å². The largest absolute Gasteiger partial charge is 0.494 e. The minimum Gasteiger partial charge on any atom is -0.494 e. The number of nitrogens with one attached hydrogen (secondary N) is 1. The SMILES string of the molecule is CCOc1ccc(NC(=O)/C(C#N)=C\c2ccc(OCc3ccc(Cl)c(Cl)c3)c(OCC)c2)cc1. The van der Waals surface area contributed by atoms with Crippen LogP contribution in [0.2, 0.25) is 10.0 Å². The molecule has 180 valence electrons. The Morgan fingerprint density at radius 2 is 1.66 bits per heavy atom. The number of nitrogens with zero attached hydrogens (tertiary/aromatic N) is 1. The second-order valence-electron chi connectivity index (χ2n) is 7.26. The molecule has 3 rings (SSSR count). The Kier molecular flexibility index (Phi) is 9.42. The monoisotopic (exact) mass is 510 g/mol. The standard InChI is InChI=1S/C27H24Cl2N2O4/c1-3-33-22-9-7-21(8-10-22)31-27(32)20(16-30)13-18-6-12-25(26(15-18)34-4-2)35-17-19-5-11-23(28)24(29)14-19/h5-15H,3-4,17H2,1-2H3,(H,31,32)/b20-13-. The van der Waals surface area contributed by atoms with Crippen molar-refractivity contribution >= 4 is 40.9 Å². The van der Waals surface area contributed by atoms with Crippen molar-refractivity contribution in [3.05, 3.63) is 87.4 Å². The second kappa shape index (κ2) is 12.7. The molecule has 0 unspecified atom stereocenters. The summed E-state index contributed by atoms with van der Waals surface area (Å²) in [4.78, 5) is 12.6. The van der Waals surface area contributed by atoms with Crippen LogP contribution in [-0.4, -0.2) is 19.1 Å². The zero-order valence-electron chi connectivity index (χ0n) is 19.3. The van der Waals surface area contributed by atoms with Gasteiger partial charge in [-0.15, -0.1) is 0 Å². The Hall–Kier alpha value is -3.66. The summed E-state index contributed by atoms with van der Waals surface area (Å²) >= 11 is 12.0. The van der Waals surface area contributed by atoms with Gasteiger partial charge in [-0.1, -0.05) is 35.3 Å². The van der Waals surface area contributed by atoms with Crippen LogP contribution in [0, 0.1) is 11.3 Å². The third-order valence-corrected chi connectivity index (χ3v) is 5.48. The number of halogens is 2. The van der Waals surface area contributed by atoms with E-state index >= 15 is 0 Å². The predicted molar refractivity (Wildman–Crippen MR) is 138 cm³/mol. The van der Waals surface area contributed by atoms with Gasteiger partial charge in [0.2, 0.25) is 0 Å². The van der Waals surface area contributed by atoms with Gasteiger partial charge in [0.25, 0.3) is 5.91 Å². The van der Waals surface area contributed by atoms with E-state index < -0.39 is 5.91 Å². The molecule has 0 atom stereocenters. The summed E-state index contributed by atoms with van der Waals surface area (Å²) in [6.07, 6.45) is 1.50. The first-order valence-electron chi connectivity index (χ1n) is 10.9. The van der Waals surface area contributed by atoms with Crippen molar-refractivity contribution in [1.29, 1.82) is 5.26 Å². The summed E-state index contributed by atoms with van der Waals surface area (Å²) in [6, 6.07) is 19.3. The average molecular weight is 511 g/mol. The molecular weight excluding hydrogens is 487 g/mol. The summed E-state index contributed by atoms with van der Waals surface area (Å²) in [7, 11) is 0. The molecule has 8 heteroatoms. The van der Waals surface area contributed by atoms with Gasteiger partial charge < -0.3 is 19.5 Å². The molecule has 0 aliphatic rings. The maximum atomic E-state index is 12.6. The van der Waals surface area contributed by atoms with Crippen molar-refractivity contribution in [3.8, 4) is 23.3 Å². The van der Waals surface area contributed by atoms with Crippen LogP contribution in [0.1, 0.15) is 25.0 Å². The van der Waals surface area contributed by atoms with Crippen molar-refractivity contribution in [2.45, 2.75) is 20.5 Å². The first-order valence-corrected chi connectivity index (χ1v) is 11.7. The predicted octanol–water partition coefficient (Wildman–Crippen LogP) is 6.92. The van der Waals surface area contributed by atoms with Crippen LogP contribution < -0.4 is 19.5 Å². The third-order valence-electron chi connectivity index (χ3n) is 4.75. The smallest absolute Gasteiger partial charge is 0.266 e. The molecule has 0 radical (unpaired) electrons. The first-order chi connectivity index (χ1) is 16.9. The molecule has 3 aromatic carbocycles. The molecular formula is C27H24Cl2N2O4. The Morgan fingerprint density at radius 1 is 0.914 bits per heavy atom. The van der Waals surface area contributed by atoms with Crippen LogP contribution >= 0.6 is 23.2 Å². The number of carbonyl (C=O) groups is 1. The van der Waals surface area contributed by atoms with E-state index in [1.54, 1.807) is 54.6 Å². The average Bonchev–Trinajstić information content (AvgIpc) is 2.85. The lowest BCUT2D eigenvalue weighted by molar-refractivity contribution is -0.112. The molecule has 3 aromatic rings. The number of carbonyl (C=O) groups excluding carboxylic acids is 1. The number of anilines is 1. The Bertz CT molecular complexity index is 1250. The molecule has 1 N–H and O–H groups in total. The van der Waals surface area contributed by atoms with Gasteiger partial charge in [-0.3, -0.25) is 4.79 Å². The van der Waals surface area contributed by atoms with Crippen LogP contribution in [0.5, 0.6) is 17.2 Å². The van der Waals surface area contributed by atoms with E-state index in [1.807, 2.05) is 26.0 Å². The third kappa shape index (κ3) is 7.41. The highest BCUT2D eigenvalue weighted by atomic mass is 35.5. The molecule has 6 nitrogen and oxygen atoms in total. The minimum atomic E-state index is -0.519. The minimum absolute atomic E-state index is 0.0502. The molecule has 35 heavy (non-hydrogen) atoms. The topological polar surface area (TPSA) is 80.6 Å². The van der Waals surface area contributed by atoms with E-state index in [4.69, 9.17) is 37.4 Å². The highest BCUT2D eigenvalue weighted by Gasteiger charge is 2.12. The Balaban J connectivity index is 1.74. The summed E-state index contributed by atoms with van der Waals surface area (Å²) in [5, 5.41) is 13.2. The number of hydrogen-bond donors (Lipinski definition) is 1. The lowest BCUT2D eigenvalue weighted by atomic mass is 10.1. The van der Waals surface area contributed by atoms with Gasteiger partial charge in [0, 0.05) is 5.69 Å². The van der Waals surface area contributed by atoms with Crippen molar-refractivity contribution in [1.82, 2.24) is 0 Å². The Morgan fingerprint density at radius 3 is 2.31 bits per heavy atom. The van der Waals surface area contributed by atoms with Crippen molar-refractivity contribution < 1.29 is 19.0 Å². The van der Waals surface area contributed by atoms with Crippen LogP contribution in [0.3, 0.4) is 0 Å². The molecule has 0 fully saturated rings. The quantitative estimate of drug-likeness (QED) is 0.236. The summed E-state index contributed by atoms with van der Waals surface area (Å²) in [5.74, 6) is 1.19. The van der Waals surface area contributed by atoms with E-state index in [1.165, 1.54) is 6.08 Å². The van der Waals surface area contributed by atoms with Crippen molar-refractivity contribution in [2.24, 2.45) is 0 Å². The summed E-state index contributed by atoms with van der Waals surface area (Å²) < 4.78 is 17.0. The lowest BCUT2D eigenvalue weighted by Gasteiger charge is -2.13. The molecule has 0 spiro atoms. The van der Waals surface area contributed by atoms with E-state index in [0.29, 0.717) is 51.8 Å². The normalized spacial score (nSPS) is 10.9. The lowest BCUT2D eigenvalue weighted by Crippen LogP contribution is -2.13. The van der Waals surface area contributed by atoms with Gasteiger partial charge in [-0.2, -0.15) is 5.26 Å². The van der Waals surface area contributed by atoms with E-state index in [-0.39, 0.29) is 12.2 Å². The fourth-order valence-electron chi connectivity index (χ4n) is 3.11. The van der Waals surface area contributed by atoms with E-state index in [2.05, 4.69) is 5.32 Å². The second-order valence-corrected chi connectivity index (χ2v) is 8.07. The number of benzene rings is 3. The van der Waals surface area contributed by atoms with E-state index in [9.17, 15) is 10.1 Å². The number of amides is 1. The zero-order chi connectivity index (χ0) is 25.2. The van der Waals surface area contributed by atoms with Crippen LogP contribution in [0.25, 0.3) is 6.08 Å². The molecule has 0 aromatic heterocycles. The van der Waals surface area contributed by atoms with Crippen LogP contribution in [-0.2, 0) is 11.4 Å². The number of rotatable bonds is 10. The molecule has 0 heterocycles. The first kappa shape index (κ1) is 26.0. The number of nitriles is 1. The van der Waals surface area contributed by atoms with Gasteiger partial charge >= 0.3 is 0 Å². The number of ether oxygens (including phenoxy) is 3. The molecule has 0 bridgehead atoms. The maximum absolute atomic E-state index is 12.6. The Labute approximate surface area is 214 Å². The number of hydrogen-bond acceptors (Lipinski definition) is 5. The van der Waals surface area contributed by atoms with E-state index in [0.717, 1.165) is 5.56 Å². The van der Waals surface area contributed by atoms with Gasteiger partial charge in [0.05, 0.1) is 23.3 Å². The molecule has 0 aliphatic carbocycles. The highest BCUT2D eigenvalue weighted by Crippen LogP contribution is 2.31. The highest BCUT2D eigenvalue weighted by molar-refractivity contribution is 6.42. The van der Waals surface area contributed by atoms with Gasteiger partial charge in [0.15, 0.2) is 11.5 Å². The fraction of sp³-hybridized carbons (Fsp3) is 0.185. The van der Waals surface area contributed by atoms with Gasteiger partial charge in [-0.25, -0.2) is 0 Å². The maximum Gasteiger partial charge on any atom is 0.266 e. The molecule has 1 amide bonds.